The monoisotopic (exact) mass is 273 g/mol. The van der Waals surface area contributed by atoms with E-state index >= 15 is 0 Å². The van der Waals surface area contributed by atoms with Crippen LogP contribution in [0.5, 0.6) is 0 Å². The van der Waals surface area contributed by atoms with Crippen LogP contribution in [0.1, 0.15) is 28.8 Å². The molecule has 1 aromatic carbocycles. The van der Waals surface area contributed by atoms with Crippen molar-refractivity contribution in [3.8, 4) is 0 Å². The Hall–Kier alpha value is -2.21. The molecule has 0 spiro atoms. The Labute approximate surface area is 116 Å². The number of fused-ring (bicyclic) bond motifs is 1. The third-order valence-corrected chi connectivity index (χ3v) is 3.84. The van der Waals surface area contributed by atoms with Crippen molar-refractivity contribution in [3.63, 3.8) is 0 Å². The fourth-order valence-electron chi connectivity index (χ4n) is 2.80. The number of piperidine rings is 1. The SMILES string of the molecule is [CH2-][NH2+]c1cccc2c1CN(C1CCC(=O)NC1=O)C2=O. The van der Waals surface area contributed by atoms with Gasteiger partial charge in [0.25, 0.3) is 5.91 Å². The highest BCUT2D eigenvalue weighted by atomic mass is 16.2. The van der Waals surface area contributed by atoms with Gasteiger partial charge in [0.05, 0.1) is 12.1 Å². The molecule has 2 aliphatic rings. The number of imide groups is 1. The summed E-state index contributed by atoms with van der Waals surface area (Å²) in [5, 5.41) is 4.00. The van der Waals surface area contributed by atoms with Crippen LogP contribution in [0, 0.1) is 7.05 Å². The van der Waals surface area contributed by atoms with E-state index in [1.165, 1.54) is 0 Å². The maximum Gasteiger partial charge on any atom is 0.255 e. The molecule has 6 nitrogen and oxygen atoms in total. The van der Waals surface area contributed by atoms with Gasteiger partial charge in [-0.3, -0.25) is 19.7 Å². The van der Waals surface area contributed by atoms with Gasteiger partial charge in [-0.2, -0.15) is 0 Å². The van der Waals surface area contributed by atoms with Crippen molar-refractivity contribution in [3.05, 3.63) is 36.4 Å². The average molecular weight is 273 g/mol. The first-order valence-corrected chi connectivity index (χ1v) is 6.51. The van der Waals surface area contributed by atoms with Crippen molar-refractivity contribution in [2.75, 3.05) is 0 Å². The summed E-state index contributed by atoms with van der Waals surface area (Å²) in [6.45, 7) is 0.392. The van der Waals surface area contributed by atoms with Gasteiger partial charge in [0.15, 0.2) is 0 Å². The summed E-state index contributed by atoms with van der Waals surface area (Å²) in [5.74, 6) is -0.817. The Bertz CT molecular complexity index is 612. The first-order chi connectivity index (χ1) is 9.61. The van der Waals surface area contributed by atoms with E-state index < -0.39 is 6.04 Å². The van der Waals surface area contributed by atoms with Crippen LogP contribution < -0.4 is 10.6 Å². The molecule has 0 aromatic heterocycles. The standard InChI is InChI=1S/C14H15N3O3/c1-15-10-4-2-3-8-9(10)7-17(14(8)20)11-5-6-12(18)16-13(11)19/h2-4,11H,1,5-7,15H2,(H,16,18,19). The zero-order valence-corrected chi connectivity index (χ0v) is 10.9. The van der Waals surface area contributed by atoms with Gasteiger partial charge in [-0.05, 0) is 18.6 Å². The van der Waals surface area contributed by atoms with E-state index in [0.29, 0.717) is 18.5 Å². The first-order valence-electron chi connectivity index (χ1n) is 6.51. The van der Waals surface area contributed by atoms with Gasteiger partial charge < -0.3 is 10.2 Å². The van der Waals surface area contributed by atoms with Crippen LogP contribution >= 0.6 is 0 Å². The quantitative estimate of drug-likeness (QED) is 0.430. The summed E-state index contributed by atoms with van der Waals surface area (Å²) in [6, 6.07) is 4.90. The molecule has 3 rings (SSSR count). The summed E-state index contributed by atoms with van der Waals surface area (Å²) in [7, 11) is 3.74. The summed E-state index contributed by atoms with van der Waals surface area (Å²) >= 11 is 0. The minimum absolute atomic E-state index is 0.154. The number of nitrogens with two attached hydrogens (primary N) is 1. The molecule has 1 fully saturated rings. The second-order valence-corrected chi connectivity index (χ2v) is 4.98. The molecule has 1 unspecified atom stereocenters. The first kappa shape index (κ1) is 12.8. The van der Waals surface area contributed by atoms with Crippen LogP contribution in [0.4, 0.5) is 5.69 Å². The maximum atomic E-state index is 12.4. The predicted octanol–water partition coefficient (Wildman–Crippen LogP) is -0.566. The normalized spacial score (nSPS) is 21.9. The van der Waals surface area contributed by atoms with E-state index in [-0.39, 0.29) is 24.1 Å². The second-order valence-electron chi connectivity index (χ2n) is 4.98. The van der Waals surface area contributed by atoms with Gasteiger partial charge in [-0.1, -0.05) is 6.07 Å². The lowest BCUT2D eigenvalue weighted by molar-refractivity contribution is -0.505. The van der Waals surface area contributed by atoms with E-state index in [2.05, 4.69) is 12.4 Å². The van der Waals surface area contributed by atoms with E-state index in [9.17, 15) is 14.4 Å². The number of benzene rings is 1. The van der Waals surface area contributed by atoms with Crippen LogP contribution in [0.2, 0.25) is 0 Å². The lowest BCUT2D eigenvalue weighted by Gasteiger charge is -2.29. The van der Waals surface area contributed by atoms with Gasteiger partial charge >= 0.3 is 0 Å². The molecule has 3 N–H and O–H groups in total. The van der Waals surface area contributed by atoms with Crippen LogP contribution in [-0.2, 0) is 16.1 Å². The zero-order chi connectivity index (χ0) is 14.3. The Morgan fingerprint density at radius 1 is 1.30 bits per heavy atom. The smallest absolute Gasteiger partial charge is 0.255 e. The van der Waals surface area contributed by atoms with Crippen molar-refractivity contribution >= 4 is 23.4 Å². The number of quaternary nitrogens is 1. The van der Waals surface area contributed by atoms with Gasteiger partial charge in [0.2, 0.25) is 11.8 Å². The minimum atomic E-state index is -0.565. The number of carbonyl (C=O) groups excluding carboxylic acids is 3. The summed E-state index contributed by atoms with van der Waals surface area (Å²) in [4.78, 5) is 37.0. The predicted molar refractivity (Wildman–Crippen MR) is 69.4 cm³/mol. The molecule has 3 amide bonds. The fraction of sp³-hybridized carbons (Fsp3) is 0.286. The Balaban J connectivity index is 1.90. The van der Waals surface area contributed by atoms with Crippen LogP contribution in [0.25, 0.3) is 0 Å². The van der Waals surface area contributed by atoms with E-state index in [4.69, 9.17) is 0 Å². The van der Waals surface area contributed by atoms with Gasteiger partial charge in [-0.25, -0.2) is 0 Å². The molecule has 0 bridgehead atoms. The number of rotatable bonds is 2. The number of hydrogen-bond acceptors (Lipinski definition) is 3. The molecule has 2 aliphatic heterocycles. The molecule has 1 aromatic rings. The topological polar surface area (TPSA) is 83.1 Å². The fourth-order valence-corrected chi connectivity index (χ4v) is 2.80. The third-order valence-electron chi connectivity index (χ3n) is 3.84. The maximum absolute atomic E-state index is 12.4. The van der Waals surface area contributed by atoms with Crippen LogP contribution in [0.3, 0.4) is 0 Å². The molecule has 1 atom stereocenters. The largest absolute Gasteiger partial charge is 0.445 e. The molecular weight excluding hydrogens is 258 g/mol. The highest BCUT2D eigenvalue weighted by Gasteiger charge is 2.40. The van der Waals surface area contributed by atoms with E-state index in [0.717, 1.165) is 11.3 Å². The van der Waals surface area contributed by atoms with Crippen LogP contribution in [0.15, 0.2) is 18.2 Å². The van der Waals surface area contributed by atoms with E-state index in [1.807, 2.05) is 12.1 Å². The molecule has 0 radical (unpaired) electrons. The Morgan fingerprint density at radius 3 is 2.80 bits per heavy atom. The number of hydrogen-bond donors (Lipinski definition) is 2. The molecule has 0 aliphatic carbocycles. The highest BCUT2D eigenvalue weighted by molar-refractivity contribution is 6.05. The molecular formula is C14H15N3O3. The molecule has 104 valence electrons. The Kier molecular flexibility index (Phi) is 3.02. The van der Waals surface area contributed by atoms with Gasteiger partial charge in [0.1, 0.15) is 11.7 Å². The lowest BCUT2D eigenvalue weighted by atomic mass is 10.0. The van der Waals surface area contributed by atoms with E-state index in [1.54, 1.807) is 16.3 Å². The van der Waals surface area contributed by atoms with Crippen LogP contribution in [-0.4, -0.2) is 28.7 Å². The molecule has 2 heterocycles. The number of carbonyl (C=O) groups is 3. The third kappa shape index (κ3) is 1.89. The van der Waals surface area contributed by atoms with Crippen molar-refractivity contribution in [2.45, 2.75) is 25.4 Å². The molecule has 6 heteroatoms. The minimum Gasteiger partial charge on any atom is -0.445 e. The highest BCUT2D eigenvalue weighted by Crippen LogP contribution is 2.30. The second kappa shape index (κ2) is 4.72. The number of nitrogens with zero attached hydrogens (tertiary/aromatic N) is 1. The van der Waals surface area contributed by atoms with Crippen molar-refractivity contribution < 1.29 is 19.7 Å². The molecule has 1 saturated heterocycles. The molecule has 0 saturated carbocycles. The number of amides is 3. The summed E-state index contributed by atoms with van der Waals surface area (Å²) in [6.07, 6.45) is 0.651. The summed E-state index contributed by atoms with van der Waals surface area (Å²) < 4.78 is 0. The average Bonchev–Trinajstić information content (AvgIpc) is 2.76. The van der Waals surface area contributed by atoms with Crippen molar-refractivity contribution in [1.29, 1.82) is 0 Å². The zero-order valence-electron chi connectivity index (χ0n) is 10.9. The molecule has 20 heavy (non-hydrogen) atoms. The van der Waals surface area contributed by atoms with Crippen molar-refractivity contribution in [1.82, 2.24) is 10.2 Å². The summed E-state index contributed by atoms with van der Waals surface area (Å²) in [5.41, 5.74) is 2.43. The van der Waals surface area contributed by atoms with Gasteiger partial charge in [-0.15, -0.1) is 7.05 Å². The van der Waals surface area contributed by atoms with Crippen molar-refractivity contribution in [2.24, 2.45) is 0 Å². The Morgan fingerprint density at radius 2 is 2.10 bits per heavy atom. The number of nitrogens with one attached hydrogen (secondary N) is 1. The van der Waals surface area contributed by atoms with Gasteiger partial charge in [0, 0.05) is 12.0 Å². The lowest BCUT2D eigenvalue weighted by Crippen LogP contribution is -2.70.